The van der Waals surface area contributed by atoms with Gasteiger partial charge in [-0.05, 0) is 57.1 Å². The molecule has 0 bridgehead atoms. The van der Waals surface area contributed by atoms with Crippen molar-refractivity contribution in [1.29, 1.82) is 0 Å². The summed E-state index contributed by atoms with van der Waals surface area (Å²) in [7, 11) is 1.93. The summed E-state index contributed by atoms with van der Waals surface area (Å²) in [5.41, 5.74) is 1.92. The van der Waals surface area contributed by atoms with E-state index >= 15 is 0 Å². The average Bonchev–Trinajstić information content (AvgIpc) is 3.22. The van der Waals surface area contributed by atoms with Gasteiger partial charge in [-0.3, -0.25) is 9.48 Å². The van der Waals surface area contributed by atoms with Crippen molar-refractivity contribution < 1.29 is 4.79 Å². The van der Waals surface area contributed by atoms with E-state index in [4.69, 9.17) is 11.6 Å². The number of aryl methyl sites for hydroxylation is 1. The molecule has 0 amide bonds. The molecule has 1 saturated heterocycles. The second kappa shape index (κ2) is 10.7. The number of carbonyl (C=O) groups is 1. The van der Waals surface area contributed by atoms with E-state index < -0.39 is 0 Å². The van der Waals surface area contributed by atoms with Crippen LogP contribution in [0, 0.1) is 0 Å². The second-order valence-corrected chi connectivity index (χ2v) is 9.81. The van der Waals surface area contributed by atoms with Crippen molar-refractivity contribution >= 4 is 38.9 Å². The monoisotopic (exact) mass is 458 g/mol. The molecule has 0 saturated carbocycles. The first-order valence-corrected chi connectivity index (χ1v) is 12.5. The van der Waals surface area contributed by atoms with Crippen LogP contribution in [0.25, 0.3) is 21.5 Å². The van der Waals surface area contributed by atoms with Crippen molar-refractivity contribution in [2.45, 2.75) is 38.5 Å². The molecule has 1 aliphatic heterocycles. The quantitative estimate of drug-likeness (QED) is 0.345. The molecule has 0 unspecified atom stereocenters. The molecule has 3 heterocycles. The molecule has 5 nitrogen and oxygen atoms in total. The van der Waals surface area contributed by atoms with Gasteiger partial charge in [-0.2, -0.15) is 5.10 Å². The molecular weight excluding hydrogens is 428 g/mol. The predicted octanol–water partition coefficient (Wildman–Crippen LogP) is 5.38. The lowest BCUT2D eigenvalue weighted by molar-refractivity contribution is 0.0984. The minimum absolute atomic E-state index is 0.220. The third kappa shape index (κ3) is 5.75. The number of benzene rings is 1. The molecule has 3 aromatic rings. The van der Waals surface area contributed by atoms with Gasteiger partial charge in [-0.1, -0.05) is 36.6 Å². The molecule has 1 aliphatic rings. The molecule has 1 aromatic carbocycles. The number of nitrogens with zero attached hydrogens (tertiary/aromatic N) is 3. The van der Waals surface area contributed by atoms with Crippen LogP contribution in [0.4, 0.5) is 0 Å². The highest BCUT2D eigenvalue weighted by Gasteiger charge is 2.17. The maximum absolute atomic E-state index is 12.8. The van der Waals surface area contributed by atoms with Crippen LogP contribution in [-0.4, -0.2) is 53.2 Å². The Morgan fingerprint density at radius 2 is 1.87 bits per heavy atom. The minimum Gasteiger partial charge on any atom is -0.315 e. The van der Waals surface area contributed by atoms with Gasteiger partial charge >= 0.3 is 0 Å². The average molecular weight is 459 g/mol. The van der Waals surface area contributed by atoms with Crippen LogP contribution in [0.3, 0.4) is 0 Å². The molecule has 4 rings (SSSR count). The highest BCUT2D eigenvalue weighted by atomic mass is 35.5. The number of Topliss-reactive ketones (excluding diaryl/α,β-unsaturated/α-hetero) is 1. The maximum Gasteiger partial charge on any atom is 0.172 e. The van der Waals surface area contributed by atoms with Crippen LogP contribution in [0.5, 0.6) is 0 Å². The first-order valence-electron chi connectivity index (χ1n) is 11.3. The van der Waals surface area contributed by atoms with E-state index in [-0.39, 0.29) is 5.78 Å². The highest BCUT2D eigenvalue weighted by molar-refractivity contribution is 7.20. The van der Waals surface area contributed by atoms with E-state index in [9.17, 15) is 4.79 Å². The first-order chi connectivity index (χ1) is 15.1. The van der Waals surface area contributed by atoms with E-state index in [1.165, 1.54) is 50.1 Å². The Hall–Kier alpha value is -1.73. The Bertz CT molecular complexity index is 1000. The Balaban J connectivity index is 1.28. The molecule has 166 valence electrons. The Morgan fingerprint density at radius 1 is 1.13 bits per heavy atom. The van der Waals surface area contributed by atoms with Crippen molar-refractivity contribution in [2.75, 3.05) is 32.7 Å². The summed E-state index contributed by atoms with van der Waals surface area (Å²) in [6, 6.07) is 9.69. The number of nitrogens with one attached hydrogen (secondary N) is 1. The fourth-order valence-corrected chi connectivity index (χ4v) is 5.38. The van der Waals surface area contributed by atoms with Crippen LogP contribution in [0.1, 0.15) is 48.2 Å². The second-order valence-electron chi connectivity index (χ2n) is 8.34. The number of hydrogen-bond donors (Lipinski definition) is 1. The first kappa shape index (κ1) is 22.5. The molecule has 1 N–H and O–H groups in total. The fourth-order valence-electron chi connectivity index (χ4n) is 4.22. The van der Waals surface area contributed by atoms with Gasteiger partial charge < -0.3 is 10.2 Å². The lowest BCUT2D eigenvalue weighted by atomic mass is 10.1. The van der Waals surface area contributed by atoms with Crippen LogP contribution in [0.2, 0.25) is 5.02 Å². The molecule has 31 heavy (non-hydrogen) atoms. The van der Waals surface area contributed by atoms with Crippen molar-refractivity contribution in [3.05, 3.63) is 40.2 Å². The summed E-state index contributed by atoms with van der Waals surface area (Å²) >= 11 is 7.56. The number of halogens is 1. The lowest BCUT2D eigenvalue weighted by Gasteiger charge is -2.19. The van der Waals surface area contributed by atoms with Crippen molar-refractivity contribution in [1.82, 2.24) is 20.0 Å². The number of aromatic nitrogens is 2. The summed E-state index contributed by atoms with van der Waals surface area (Å²) in [6.07, 6.45) is 6.86. The largest absolute Gasteiger partial charge is 0.315 e. The Morgan fingerprint density at radius 3 is 2.61 bits per heavy atom. The number of rotatable bonds is 9. The van der Waals surface area contributed by atoms with Gasteiger partial charge in [0.25, 0.3) is 0 Å². The zero-order valence-electron chi connectivity index (χ0n) is 18.2. The van der Waals surface area contributed by atoms with Gasteiger partial charge in [0.05, 0.1) is 4.88 Å². The van der Waals surface area contributed by atoms with Crippen molar-refractivity contribution in [3.8, 4) is 11.3 Å². The van der Waals surface area contributed by atoms with Gasteiger partial charge in [0.2, 0.25) is 0 Å². The molecular formula is C24H31ClN4OS. The number of likely N-dealkylation sites (tertiary alicyclic amines) is 1. The lowest BCUT2D eigenvalue weighted by Crippen LogP contribution is -2.33. The van der Waals surface area contributed by atoms with E-state index in [0.29, 0.717) is 11.4 Å². The summed E-state index contributed by atoms with van der Waals surface area (Å²) in [5.74, 6) is 0.220. The fraction of sp³-hybridized carbons (Fsp3) is 0.500. The molecule has 2 aromatic heterocycles. The summed E-state index contributed by atoms with van der Waals surface area (Å²) in [5, 5.41) is 9.90. The number of hydrogen-bond acceptors (Lipinski definition) is 5. The number of thiophene rings is 1. The number of carbonyl (C=O) groups excluding carboxylic acids is 1. The predicted molar refractivity (Wildman–Crippen MR) is 130 cm³/mol. The Kier molecular flexibility index (Phi) is 7.77. The van der Waals surface area contributed by atoms with Crippen molar-refractivity contribution in [3.63, 3.8) is 0 Å². The van der Waals surface area contributed by atoms with E-state index in [1.807, 2.05) is 42.1 Å². The summed E-state index contributed by atoms with van der Waals surface area (Å²) in [6.45, 7) is 5.48. The highest BCUT2D eigenvalue weighted by Crippen LogP contribution is 2.34. The van der Waals surface area contributed by atoms with E-state index in [1.54, 1.807) is 0 Å². The van der Waals surface area contributed by atoms with Gasteiger partial charge in [0, 0.05) is 42.5 Å². The molecule has 0 spiro atoms. The van der Waals surface area contributed by atoms with Crippen LogP contribution >= 0.6 is 22.9 Å². The van der Waals surface area contributed by atoms with E-state index in [0.717, 1.165) is 52.4 Å². The van der Waals surface area contributed by atoms with Crippen LogP contribution in [0.15, 0.2) is 30.3 Å². The van der Waals surface area contributed by atoms with Gasteiger partial charge in [-0.15, -0.1) is 11.3 Å². The van der Waals surface area contributed by atoms with Crippen LogP contribution in [-0.2, 0) is 7.05 Å². The van der Waals surface area contributed by atoms with Crippen LogP contribution < -0.4 is 5.32 Å². The standard InChI is InChI=1S/C24H31ClN4OS/c1-28-24-20(23(27-28)18-8-10-19(25)11-9-18)17-22(31-24)21(30)7-6-12-26-13-16-29-14-4-2-3-5-15-29/h8-11,17,26H,2-7,12-16H2,1H3. The maximum atomic E-state index is 12.8. The van der Waals surface area contributed by atoms with Crippen molar-refractivity contribution in [2.24, 2.45) is 7.05 Å². The molecule has 1 fully saturated rings. The minimum atomic E-state index is 0.220. The molecule has 0 radical (unpaired) electrons. The zero-order valence-corrected chi connectivity index (χ0v) is 19.8. The third-order valence-electron chi connectivity index (χ3n) is 5.96. The van der Waals surface area contributed by atoms with Gasteiger partial charge in [0.15, 0.2) is 5.78 Å². The van der Waals surface area contributed by atoms with Gasteiger partial charge in [-0.25, -0.2) is 0 Å². The molecule has 0 atom stereocenters. The third-order valence-corrected chi connectivity index (χ3v) is 7.46. The topological polar surface area (TPSA) is 50.2 Å². The zero-order chi connectivity index (χ0) is 21.6. The number of ketones is 1. The number of fused-ring (bicyclic) bond motifs is 1. The normalized spacial score (nSPS) is 15.4. The SMILES string of the molecule is Cn1nc(-c2ccc(Cl)cc2)c2cc(C(=O)CCCNCCN3CCCCCC3)sc21. The summed E-state index contributed by atoms with van der Waals surface area (Å²) in [4.78, 5) is 17.2. The smallest absolute Gasteiger partial charge is 0.172 e. The Labute approximate surface area is 193 Å². The van der Waals surface area contributed by atoms with Gasteiger partial charge in [0.1, 0.15) is 10.5 Å². The summed E-state index contributed by atoms with van der Waals surface area (Å²) < 4.78 is 1.87. The molecule has 7 heteroatoms. The molecule has 0 aliphatic carbocycles. The van der Waals surface area contributed by atoms with E-state index in [2.05, 4.69) is 15.3 Å².